The van der Waals surface area contributed by atoms with Crippen LogP contribution in [0.4, 0.5) is 0 Å². The Morgan fingerprint density at radius 2 is 1.96 bits per heavy atom. The van der Waals surface area contributed by atoms with Crippen LogP contribution in [0.5, 0.6) is 0 Å². The highest BCUT2D eigenvalue weighted by molar-refractivity contribution is 5.78. The number of piperidine rings is 2. The average Bonchev–Trinajstić information content (AvgIpc) is 2.96. The lowest BCUT2D eigenvalue weighted by Gasteiger charge is -2.54. The predicted octanol–water partition coefficient (Wildman–Crippen LogP) is 3.01. The van der Waals surface area contributed by atoms with Crippen molar-refractivity contribution in [1.29, 1.82) is 0 Å². The van der Waals surface area contributed by atoms with Crippen molar-refractivity contribution >= 4 is 5.91 Å². The summed E-state index contributed by atoms with van der Waals surface area (Å²) in [6, 6.07) is 1.07. The summed E-state index contributed by atoms with van der Waals surface area (Å²) in [5.74, 6) is 1.33. The van der Waals surface area contributed by atoms with E-state index in [0.29, 0.717) is 17.7 Å². The molecular formula is C19H32N2O2. The fraction of sp³-hybridized carbons (Fsp3) is 0.947. The van der Waals surface area contributed by atoms with Gasteiger partial charge in [0.05, 0.1) is 12.6 Å². The second-order valence-electron chi connectivity index (χ2n) is 8.50. The lowest BCUT2D eigenvalue weighted by molar-refractivity contribution is -0.195. The Kier molecular flexibility index (Phi) is 4.17. The molecule has 1 amide bonds. The summed E-state index contributed by atoms with van der Waals surface area (Å²) >= 11 is 0. The smallest absolute Gasteiger partial charge is 0.225 e. The maximum absolute atomic E-state index is 12.7. The van der Waals surface area contributed by atoms with E-state index in [0.717, 1.165) is 45.0 Å². The molecule has 4 rings (SSSR count). The summed E-state index contributed by atoms with van der Waals surface area (Å²) in [6.07, 6.45) is 9.71. The molecule has 0 N–H and O–H groups in total. The van der Waals surface area contributed by atoms with Gasteiger partial charge in [-0.2, -0.15) is 0 Å². The first-order chi connectivity index (χ1) is 11.1. The number of likely N-dealkylation sites (tertiary alicyclic amines) is 1. The fourth-order valence-corrected chi connectivity index (χ4v) is 5.59. The molecule has 0 radical (unpaired) electrons. The molecule has 1 spiro atoms. The number of carbonyl (C=O) groups excluding carboxylic acids is 1. The molecule has 3 aliphatic heterocycles. The molecule has 0 bridgehead atoms. The van der Waals surface area contributed by atoms with Crippen LogP contribution in [0.15, 0.2) is 0 Å². The molecule has 0 aromatic heterocycles. The normalized spacial score (nSPS) is 39.6. The van der Waals surface area contributed by atoms with Crippen LogP contribution in [-0.4, -0.2) is 53.2 Å². The minimum Gasteiger partial charge on any atom is -0.353 e. The molecule has 4 heteroatoms. The molecule has 3 unspecified atom stereocenters. The Morgan fingerprint density at radius 3 is 2.70 bits per heavy atom. The Bertz CT molecular complexity index is 460. The minimum absolute atomic E-state index is 0.268. The number of nitrogens with zero attached hydrogens (tertiary/aromatic N) is 2. The second kappa shape index (κ2) is 6.03. The van der Waals surface area contributed by atoms with E-state index in [-0.39, 0.29) is 11.8 Å². The quantitative estimate of drug-likeness (QED) is 0.784. The molecule has 0 aromatic carbocycles. The van der Waals surface area contributed by atoms with Gasteiger partial charge in [0.2, 0.25) is 5.91 Å². The van der Waals surface area contributed by atoms with Crippen molar-refractivity contribution in [3.63, 3.8) is 0 Å². The van der Waals surface area contributed by atoms with Crippen LogP contribution in [0.3, 0.4) is 0 Å². The molecule has 4 nitrogen and oxygen atoms in total. The number of hydrogen-bond donors (Lipinski definition) is 0. The van der Waals surface area contributed by atoms with E-state index in [1.54, 1.807) is 0 Å². The minimum atomic E-state index is -0.268. The third kappa shape index (κ3) is 2.53. The van der Waals surface area contributed by atoms with Crippen LogP contribution in [0.25, 0.3) is 0 Å². The largest absolute Gasteiger partial charge is 0.353 e. The number of hydrogen-bond acceptors (Lipinski definition) is 3. The van der Waals surface area contributed by atoms with Crippen LogP contribution in [0.2, 0.25) is 0 Å². The van der Waals surface area contributed by atoms with Gasteiger partial charge in [-0.15, -0.1) is 0 Å². The molecule has 1 saturated carbocycles. The molecule has 130 valence electrons. The zero-order chi connectivity index (χ0) is 16.0. The summed E-state index contributed by atoms with van der Waals surface area (Å²) in [7, 11) is 0. The standard InChI is InChI=1S/C19H32N2O2/c1-14(2)17-13-23-19-10-11-20(16-6-4-3-5-7-16)12-15(19)8-9-18(22)21(17)19/h14-17H,3-13H2,1-2H3. The lowest BCUT2D eigenvalue weighted by atomic mass is 9.78. The highest BCUT2D eigenvalue weighted by Crippen LogP contribution is 2.48. The van der Waals surface area contributed by atoms with Gasteiger partial charge < -0.3 is 9.64 Å². The SMILES string of the molecule is CC(C)C1COC23CCN(C4CCCCC4)CC2CCC(=O)N13. The Labute approximate surface area is 140 Å². The first kappa shape index (κ1) is 15.9. The second-order valence-corrected chi connectivity index (χ2v) is 8.50. The van der Waals surface area contributed by atoms with Crippen LogP contribution < -0.4 is 0 Å². The fourth-order valence-electron chi connectivity index (χ4n) is 5.59. The Hall–Kier alpha value is -0.610. The van der Waals surface area contributed by atoms with E-state index in [1.807, 2.05) is 0 Å². The van der Waals surface area contributed by atoms with Gasteiger partial charge in [-0.3, -0.25) is 9.69 Å². The zero-order valence-electron chi connectivity index (χ0n) is 14.8. The molecular weight excluding hydrogens is 288 g/mol. The first-order valence-electron chi connectivity index (χ1n) is 9.82. The van der Waals surface area contributed by atoms with Gasteiger partial charge >= 0.3 is 0 Å². The average molecular weight is 320 g/mol. The van der Waals surface area contributed by atoms with Gasteiger partial charge in [0.25, 0.3) is 0 Å². The van der Waals surface area contributed by atoms with Crippen molar-refractivity contribution in [3.8, 4) is 0 Å². The highest BCUT2D eigenvalue weighted by atomic mass is 16.5. The van der Waals surface area contributed by atoms with Crippen LogP contribution in [-0.2, 0) is 9.53 Å². The molecule has 1 aliphatic carbocycles. The maximum atomic E-state index is 12.7. The van der Waals surface area contributed by atoms with E-state index in [2.05, 4.69) is 23.6 Å². The number of carbonyl (C=O) groups is 1. The van der Waals surface area contributed by atoms with Crippen molar-refractivity contribution in [2.75, 3.05) is 19.7 Å². The number of ether oxygens (including phenoxy) is 1. The summed E-state index contributed by atoms with van der Waals surface area (Å²) < 4.78 is 6.41. The van der Waals surface area contributed by atoms with Crippen LogP contribution >= 0.6 is 0 Å². The van der Waals surface area contributed by atoms with Gasteiger partial charge in [-0.1, -0.05) is 33.1 Å². The van der Waals surface area contributed by atoms with E-state index in [1.165, 1.54) is 32.1 Å². The lowest BCUT2D eigenvalue weighted by Crippen LogP contribution is -2.66. The molecule has 3 heterocycles. The third-order valence-electron chi connectivity index (χ3n) is 6.93. The highest BCUT2D eigenvalue weighted by Gasteiger charge is 2.59. The van der Waals surface area contributed by atoms with Gasteiger partial charge in [0, 0.05) is 37.9 Å². The van der Waals surface area contributed by atoms with E-state index < -0.39 is 0 Å². The first-order valence-corrected chi connectivity index (χ1v) is 9.82. The van der Waals surface area contributed by atoms with Crippen LogP contribution in [0.1, 0.15) is 65.2 Å². The summed E-state index contributed by atoms with van der Waals surface area (Å²) in [6.45, 7) is 7.43. The Morgan fingerprint density at radius 1 is 1.17 bits per heavy atom. The molecule has 0 aromatic rings. The van der Waals surface area contributed by atoms with Crippen molar-refractivity contribution in [1.82, 2.24) is 9.80 Å². The van der Waals surface area contributed by atoms with E-state index in [4.69, 9.17) is 4.74 Å². The molecule has 3 atom stereocenters. The maximum Gasteiger partial charge on any atom is 0.225 e. The van der Waals surface area contributed by atoms with Crippen molar-refractivity contribution < 1.29 is 9.53 Å². The predicted molar refractivity (Wildman–Crippen MR) is 89.9 cm³/mol. The van der Waals surface area contributed by atoms with Gasteiger partial charge in [0.1, 0.15) is 5.72 Å². The molecule has 4 fully saturated rings. The monoisotopic (exact) mass is 320 g/mol. The van der Waals surface area contributed by atoms with Crippen molar-refractivity contribution in [2.45, 2.75) is 83.0 Å². The number of rotatable bonds is 2. The van der Waals surface area contributed by atoms with E-state index in [9.17, 15) is 4.79 Å². The zero-order valence-corrected chi connectivity index (χ0v) is 14.8. The summed E-state index contributed by atoms with van der Waals surface area (Å²) in [5.41, 5.74) is -0.268. The van der Waals surface area contributed by atoms with Gasteiger partial charge in [0.15, 0.2) is 0 Å². The third-order valence-corrected chi connectivity index (χ3v) is 6.93. The molecule has 3 saturated heterocycles. The summed E-state index contributed by atoms with van der Waals surface area (Å²) in [5, 5.41) is 0. The molecule has 23 heavy (non-hydrogen) atoms. The molecule has 4 aliphatic rings. The van der Waals surface area contributed by atoms with Crippen molar-refractivity contribution in [3.05, 3.63) is 0 Å². The van der Waals surface area contributed by atoms with Crippen molar-refractivity contribution in [2.24, 2.45) is 11.8 Å². The van der Waals surface area contributed by atoms with Gasteiger partial charge in [-0.25, -0.2) is 0 Å². The van der Waals surface area contributed by atoms with Gasteiger partial charge in [-0.05, 0) is 25.2 Å². The topological polar surface area (TPSA) is 32.8 Å². The van der Waals surface area contributed by atoms with E-state index >= 15 is 0 Å². The van der Waals surface area contributed by atoms with Crippen LogP contribution in [0, 0.1) is 11.8 Å². The summed E-state index contributed by atoms with van der Waals surface area (Å²) in [4.78, 5) is 17.6. The Balaban J connectivity index is 1.53. The number of amides is 1.